The molecule has 0 unspecified atom stereocenters. The van der Waals surface area contributed by atoms with Crippen LogP contribution in [0.5, 0.6) is 0 Å². The van der Waals surface area contributed by atoms with E-state index < -0.39 is 11.9 Å². The van der Waals surface area contributed by atoms with Gasteiger partial charge in [-0.25, -0.2) is 9.78 Å². The predicted octanol–water partition coefficient (Wildman–Crippen LogP) is 0.884. The van der Waals surface area contributed by atoms with E-state index in [0.717, 1.165) is 11.5 Å². The summed E-state index contributed by atoms with van der Waals surface area (Å²) >= 11 is 0.944. The lowest BCUT2D eigenvalue weighted by Gasteiger charge is -2.02. The molecule has 17 heavy (non-hydrogen) atoms. The van der Waals surface area contributed by atoms with Crippen LogP contribution >= 0.6 is 11.5 Å². The molecule has 7 nitrogen and oxygen atoms in total. The minimum Gasteiger partial charge on any atom is -0.478 e. The third-order valence-electron chi connectivity index (χ3n) is 1.83. The van der Waals surface area contributed by atoms with Crippen LogP contribution in [-0.4, -0.2) is 31.6 Å². The Hall–Kier alpha value is -2.35. The number of hydrogen-bond donors (Lipinski definition) is 2. The molecule has 0 radical (unpaired) electrons. The molecule has 2 aromatic rings. The quantitative estimate of drug-likeness (QED) is 0.837. The van der Waals surface area contributed by atoms with Crippen LogP contribution in [0.25, 0.3) is 0 Å². The van der Waals surface area contributed by atoms with Crippen LogP contribution in [0, 0.1) is 0 Å². The number of aromatic carboxylic acids is 1. The number of anilines is 1. The van der Waals surface area contributed by atoms with Crippen molar-refractivity contribution in [2.45, 2.75) is 0 Å². The van der Waals surface area contributed by atoms with Gasteiger partial charge in [0.25, 0.3) is 5.91 Å². The summed E-state index contributed by atoms with van der Waals surface area (Å²) in [4.78, 5) is 26.5. The van der Waals surface area contributed by atoms with Crippen molar-refractivity contribution in [3.05, 3.63) is 35.0 Å². The normalized spacial score (nSPS) is 9.88. The maximum atomic E-state index is 11.6. The molecule has 0 atom stereocenters. The number of rotatable bonds is 3. The van der Waals surface area contributed by atoms with Gasteiger partial charge in [0, 0.05) is 6.20 Å². The number of pyridine rings is 1. The van der Waals surface area contributed by atoms with Gasteiger partial charge >= 0.3 is 5.97 Å². The van der Waals surface area contributed by atoms with Gasteiger partial charge in [-0.15, -0.1) is 5.10 Å². The number of nitrogens with zero attached hydrogens (tertiary/aromatic N) is 3. The van der Waals surface area contributed by atoms with Crippen LogP contribution in [0.4, 0.5) is 5.82 Å². The van der Waals surface area contributed by atoms with Gasteiger partial charge in [-0.1, -0.05) is 4.49 Å². The monoisotopic (exact) mass is 250 g/mol. The number of nitrogens with one attached hydrogen (secondary N) is 1. The maximum Gasteiger partial charge on any atom is 0.335 e. The van der Waals surface area contributed by atoms with Crippen molar-refractivity contribution in [3.63, 3.8) is 0 Å². The summed E-state index contributed by atoms with van der Waals surface area (Å²) in [6, 6.07) is 2.61. The van der Waals surface area contributed by atoms with Crippen LogP contribution in [0.15, 0.2) is 24.5 Å². The van der Waals surface area contributed by atoms with Crippen LogP contribution in [-0.2, 0) is 0 Å². The summed E-state index contributed by atoms with van der Waals surface area (Å²) in [5.74, 6) is -1.33. The smallest absolute Gasteiger partial charge is 0.335 e. The van der Waals surface area contributed by atoms with Crippen molar-refractivity contribution in [1.29, 1.82) is 0 Å². The Morgan fingerprint density at radius 1 is 1.41 bits per heavy atom. The van der Waals surface area contributed by atoms with Gasteiger partial charge in [-0.3, -0.25) is 4.79 Å². The molecule has 86 valence electrons. The molecule has 0 fully saturated rings. The highest BCUT2D eigenvalue weighted by atomic mass is 32.1. The molecule has 0 saturated carbocycles. The third-order valence-corrected chi connectivity index (χ3v) is 2.50. The number of carboxylic acid groups (broad SMARTS) is 1. The number of carboxylic acids is 1. The zero-order valence-corrected chi connectivity index (χ0v) is 9.14. The van der Waals surface area contributed by atoms with Crippen molar-refractivity contribution < 1.29 is 14.7 Å². The van der Waals surface area contributed by atoms with Crippen molar-refractivity contribution in [3.8, 4) is 0 Å². The molecule has 2 N–H and O–H groups in total. The predicted molar refractivity (Wildman–Crippen MR) is 59.1 cm³/mol. The fourth-order valence-corrected chi connectivity index (χ4v) is 1.49. The van der Waals surface area contributed by atoms with Crippen molar-refractivity contribution in [1.82, 2.24) is 14.6 Å². The van der Waals surface area contributed by atoms with Gasteiger partial charge in [0.2, 0.25) is 0 Å². The van der Waals surface area contributed by atoms with Gasteiger partial charge < -0.3 is 10.4 Å². The van der Waals surface area contributed by atoms with Crippen LogP contribution in [0.1, 0.15) is 20.0 Å². The van der Waals surface area contributed by atoms with Crippen molar-refractivity contribution in [2.75, 3.05) is 5.32 Å². The Morgan fingerprint density at radius 3 is 2.88 bits per heavy atom. The first-order valence-corrected chi connectivity index (χ1v) is 5.22. The van der Waals surface area contributed by atoms with E-state index in [-0.39, 0.29) is 11.4 Å². The fraction of sp³-hybridized carbons (Fsp3) is 0. The second-order valence-corrected chi connectivity index (χ2v) is 3.76. The molecular formula is C9H6N4O3S. The summed E-state index contributed by atoms with van der Waals surface area (Å²) in [7, 11) is 0. The molecule has 0 aliphatic rings. The van der Waals surface area contributed by atoms with Crippen molar-refractivity contribution >= 4 is 29.2 Å². The Bertz CT molecular complexity index is 555. The summed E-state index contributed by atoms with van der Waals surface area (Å²) < 4.78 is 3.55. The number of carbonyl (C=O) groups excluding carboxylic acids is 1. The molecule has 0 aliphatic heterocycles. The lowest BCUT2D eigenvalue weighted by Crippen LogP contribution is -2.12. The number of hydrogen-bond acceptors (Lipinski definition) is 6. The second-order valence-electron chi connectivity index (χ2n) is 2.97. The van der Waals surface area contributed by atoms with E-state index in [4.69, 9.17) is 5.11 Å². The molecule has 2 rings (SSSR count). The molecule has 0 aromatic carbocycles. The lowest BCUT2D eigenvalue weighted by atomic mass is 10.2. The molecule has 2 heterocycles. The second kappa shape index (κ2) is 4.66. The van der Waals surface area contributed by atoms with E-state index in [1.165, 1.54) is 24.5 Å². The van der Waals surface area contributed by atoms with Gasteiger partial charge in [0.1, 0.15) is 10.7 Å². The summed E-state index contributed by atoms with van der Waals surface area (Å²) in [6.45, 7) is 0. The molecule has 8 heteroatoms. The van der Waals surface area contributed by atoms with Crippen LogP contribution in [0.3, 0.4) is 0 Å². The van der Waals surface area contributed by atoms with E-state index in [1.807, 2.05) is 0 Å². The van der Waals surface area contributed by atoms with E-state index in [9.17, 15) is 9.59 Å². The minimum absolute atomic E-state index is 0.0535. The summed E-state index contributed by atoms with van der Waals surface area (Å²) in [5, 5.41) is 14.7. The standard InChI is InChI=1S/C9H6N4O3S/c14-8(6-4-11-13-17-6)12-7-3-5(9(15)16)1-2-10-7/h1-4H,(H,15,16)(H,10,12,14). The topological polar surface area (TPSA) is 105 Å². The molecule has 1 amide bonds. The van der Waals surface area contributed by atoms with Gasteiger partial charge in [0.05, 0.1) is 11.8 Å². The van der Waals surface area contributed by atoms with E-state index in [1.54, 1.807) is 0 Å². The summed E-state index contributed by atoms with van der Waals surface area (Å²) in [6.07, 6.45) is 2.63. The highest BCUT2D eigenvalue weighted by Gasteiger charge is 2.10. The Balaban J connectivity index is 2.16. The number of aromatic nitrogens is 3. The van der Waals surface area contributed by atoms with Gasteiger partial charge in [0.15, 0.2) is 0 Å². The third kappa shape index (κ3) is 2.61. The number of carbonyl (C=O) groups is 2. The molecule has 0 spiro atoms. The Kier molecular flexibility index (Phi) is 3.06. The zero-order valence-electron chi connectivity index (χ0n) is 8.32. The maximum absolute atomic E-state index is 11.6. The van der Waals surface area contributed by atoms with E-state index in [0.29, 0.717) is 4.88 Å². The van der Waals surface area contributed by atoms with Gasteiger partial charge in [-0.2, -0.15) is 0 Å². The van der Waals surface area contributed by atoms with E-state index in [2.05, 4.69) is 19.9 Å². The molecule has 0 aliphatic carbocycles. The fourth-order valence-electron chi connectivity index (χ4n) is 1.08. The van der Waals surface area contributed by atoms with Crippen LogP contribution in [0.2, 0.25) is 0 Å². The summed E-state index contributed by atoms with van der Waals surface area (Å²) in [5.41, 5.74) is 0.0535. The first kappa shape index (κ1) is 11.1. The SMILES string of the molecule is O=C(O)c1ccnc(NC(=O)c2cnns2)c1. The lowest BCUT2D eigenvalue weighted by molar-refractivity contribution is 0.0696. The Morgan fingerprint density at radius 2 is 2.24 bits per heavy atom. The molecule has 0 saturated heterocycles. The molecule has 0 bridgehead atoms. The highest BCUT2D eigenvalue weighted by molar-refractivity contribution is 7.07. The van der Waals surface area contributed by atoms with Crippen molar-refractivity contribution in [2.24, 2.45) is 0 Å². The largest absolute Gasteiger partial charge is 0.478 e. The molecule has 2 aromatic heterocycles. The zero-order chi connectivity index (χ0) is 12.3. The van der Waals surface area contributed by atoms with Crippen LogP contribution < -0.4 is 5.32 Å². The van der Waals surface area contributed by atoms with Gasteiger partial charge in [-0.05, 0) is 23.7 Å². The highest BCUT2D eigenvalue weighted by Crippen LogP contribution is 2.10. The Labute approximate surface area is 99.3 Å². The number of amides is 1. The minimum atomic E-state index is -1.08. The first-order chi connectivity index (χ1) is 8.16. The van der Waals surface area contributed by atoms with E-state index >= 15 is 0 Å². The average molecular weight is 250 g/mol. The average Bonchev–Trinajstić information content (AvgIpc) is 2.82. The first-order valence-electron chi connectivity index (χ1n) is 4.45. The molecular weight excluding hydrogens is 244 g/mol.